The minimum Gasteiger partial charge on any atom is -0.393 e. The summed E-state index contributed by atoms with van der Waals surface area (Å²) in [5.74, 6) is 0. The molecule has 0 spiro atoms. The first-order chi connectivity index (χ1) is 6.25. The van der Waals surface area contributed by atoms with Gasteiger partial charge in [0.05, 0.1) is 6.10 Å². The lowest BCUT2D eigenvalue weighted by Crippen LogP contribution is -2.03. The maximum absolute atomic E-state index is 9.22. The van der Waals surface area contributed by atoms with Crippen LogP contribution >= 0.6 is 0 Å². The fourth-order valence-electron chi connectivity index (χ4n) is 1.57. The molecule has 2 N–H and O–H groups in total. The zero-order valence-electron chi connectivity index (χ0n) is 7.62. The smallest absolute Gasteiger partial charge is 0.0552 e. The van der Waals surface area contributed by atoms with E-state index in [1.807, 2.05) is 24.4 Å². The van der Waals surface area contributed by atoms with Gasteiger partial charge in [0.1, 0.15) is 0 Å². The highest BCUT2D eigenvalue weighted by atomic mass is 16.3. The van der Waals surface area contributed by atoms with E-state index in [1.165, 1.54) is 10.9 Å². The molecule has 1 unspecified atom stereocenters. The fourth-order valence-corrected chi connectivity index (χ4v) is 1.57. The minimum atomic E-state index is -0.267. The molecular formula is C11H13NO. The van der Waals surface area contributed by atoms with Crippen LogP contribution in [0, 0.1) is 0 Å². The van der Waals surface area contributed by atoms with Gasteiger partial charge in [-0.05, 0) is 42.5 Å². The molecule has 0 radical (unpaired) electrons. The van der Waals surface area contributed by atoms with E-state index in [4.69, 9.17) is 0 Å². The summed E-state index contributed by atoms with van der Waals surface area (Å²) < 4.78 is 0. The molecule has 2 heteroatoms. The highest BCUT2D eigenvalue weighted by Crippen LogP contribution is 2.15. The Balaban J connectivity index is 2.37. The Morgan fingerprint density at radius 1 is 1.38 bits per heavy atom. The first-order valence-electron chi connectivity index (χ1n) is 4.50. The van der Waals surface area contributed by atoms with Crippen LogP contribution in [0.25, 0.3) is 10.9 Å². The Morgan fingerprint density at radius 3 is 3.00 bits per heavy atom. The molecule has 1 aromatic heterocycles. The zero-order chi connectivity index (χ0) is 9.26. The molecule has 1 aromatic carbocycles. The number of aromatic amines is 1. The molecule has 1 atom stereocenters. The van der Waals surface area contributed by atoms with Gasteiger partial charge in [-0.2, -0.15) is 0 Å². The summed E-state index contributed by atoms with van der Waals surface area (Å²) in [6, 6.07) is 8.25. The van der Waals surface area contributed by atoms with Crippen LogP contribution in [0.1, 0.15) is 12.5 Å². The monoisotopic (exact) mass is 175 g/mol. The zero-order valence-corrected chi connectivity index (χ0v) is 7.62. The Labute approximate surface area is 77.2 Å². The number of rotatable bonds is 2. The van der Waals surface area contributed by atoms with Gasteiger partial charge in [0.2, 0.25) is 0 Å². The number of H-pyrrole nitrogens is 1. The van der Waals surface area contributed by atoms with Gasteiger partial charge in [-0.1, -0.05) is 6.07 Å². The van der Waals surface area contributed by atoms with Crippen LogP contribution in [0.3, 0.4) is 0 Å². The molecule has 1 heterocycles. The molecule has 0 aliphatic carbocycles. The molecule has 2 rings (SSSR count). The summed E-state index contributed by atoms with van der Waals surface area (Å²) in [4.78, 5) is 3.14. The largest absolute Gasteiger partial charge is 0.393 e. The van der Waals surface area contributed by atoms with Gasteiger partial charge >= 0.3 is 0 Å². The third-order valence-corrected chi connectivity index (χ3v) is 2.15. The maximum atomic E-state index is 9.22. The molecule has 2 aromatic rings. The second-order valence-corrected chi connectivity index (χ2v) is 3.45. The first-order valence-corrected chi connectivity index (χ1v) is 4.50. The van der Waals surface area contributed by atoms with Crippen LogP contribution in [-0.2, 0) is 6.42 Å². The van der Waals surface area contributed by atoms with Gasteiger partial charge in [-0.25, -0.2) is 0 Å². The van der Waals surface area contributed by atoms with E-state index >= 15 is 0 Å². The van der Waals surface area contributed by atoms with Crippen molar-refractivity contribution in [1.29, 1.82) is 0 Å². The lowest BCUT2D eigenvalue weighted by atomic mass is 10.1. The van der Waals surface area contributed by atoms with Crippen LogP contribution in [0.4, 0.5) is 0 Å². The first kappa shape index (κ1) is 8.32. The highest BCUT2D eigenvalue weighted by molar-refractivity contribution is 5.79. The molecule has 0 aliphatic rings. The van der Waals surface area contributed by atoms with E-state index in [0.29, 0.717) is 0 Å². The van der Waals surface area contributed by atoms with Gasteiger partial charge in [0.15, 0.2) is 0 Å². The summed E-state index contributed by atoms with van der Waals surface area (Å²) in [5, 5.41) is 10.4. The quantitative estimate of drug-likeness (QED) is 0.720. The summed E-state index contributed by atoms with van der Waals surface area (Å²) in [7, 11) is 0. The number of hydrogen-bond donors (Lipinski definition) is 2. The van der Waals surface area contributed by atoms with Gasteiger partial charge < -0.3 is 10.1 Å². The molecule has 13 heavy (non-hydrogen) atoms. The number of fused-ring (bicyclic) bond motifs is 1. The predicted octanol–water partition coefficient (Wildman–Crippen LogP) is 2.09. The Morgan fingerprint density at radius 2 is 2.23 bits per heavy atom. The van der Waals surface area contributed by atoms with Crippen molar-refractivity contribution in [3.05, 3.63) is 36.0 Å². The summed E-state index contributed by atoms with van der Waals surface area (Å²) in [6.07, 6.45) is 2.38. The molecule has 2 nitrogen and oxygen atoms in total. The van der Waals surface area contributed by atoms with Gasteiger partial charge in [-0.3, -0.25) is 0 Å². The lowest BCUT2D eigenvalue weighted by molar-refractivity contribution is 0.195. The third kappa shape index (κ3) is 1.73. The second-order valence-electron chi connectivity index (χ2n) is 3.45. The van der Waals surface area contributed by atoms with Crippen LogP contribution in [0.5, 0.6) is 0 Å². The number of aromatic nitrogens is 1. The highest BCUT2D eigenvalue weighted by Gasteiger charge is 2.00. The van der Waals surface area contributed by atoms with Gasteiger partial charge in [-0.15, -0.1) is 0 Å². The van der Waals surface area contributed by atoms with E-state index in [0.717, 1.165) is 11.9 Å². The van der Waals surface area contributed by atoms with Crippen molar-refractivity contribution in [2.24, 2.45) is 0 Å². The van der Waals surface area contributed by atoms with Crippen molar-refractivity contribution in [1.82, 2.24) is 4.98 Å². The fraction of sp³-hybridized carbons (Fsp3) is 0.273. The summed E-state index contributed by atoms with van der Waals surface area (Å²) in [6.45, 7) is 1.81. The minimum absolute atomic E-state index is 0.267. The van der Waals surface area contributed by atoms with E-state index < -0.39 is 0 Å². The van der Waals surface area contributed by atoms with Crippen molar-refractivity contribution < 1.29 is 5.11 Å². The number of benzene rings is 1. The van der Waals surface area contributed by atoms with Crippen molar-refractivity contribution in [3.63, 3.8) is 0 Å². The summed E-state index contributed by atoms with van der Waals surface area (Å²) in [5.41, 5.74) is 2.33. The molecule has 0 amide bonds. The van der Waals surface area contributed by atoms with Crippen LogP contribution in [0.2, 0.25) is 0 Å². The topological polar surface area (TPSA) is 36.0 Å². The van der Waals surface area contributed by atoms with Crippen molar-refractivity contribution in [2.75, 3.05) is 0 Å². The maximum Gasteiger partial charge on any atom is 0.0552 e. The molecule has 0 aliphatic heterocycles. The average Bonchev–Trinajstić information content (AvgIpc) is 2.49. The molecule has 0 saturated carbocycles. The van der Waals surface area contributed by atoms with Gasteiger partial charge in [0.25, 0.3) is 0 Å². The number of aliphatic hydroxyl groups is 1. The third-order valence-electron chi connectivity index (χ3n) is 2.15. The van der Waals surface area contributed by atoms with Gasteiger partial charge in [0, 0.05) is 11.7 Å². The van der Waals surface area contributed by atoms with E-state index in [1.54, 1.807) is 6.92 Å². The molecule has 0 fully saturated rings. The summed E-state index contributed by atoms with van der Waals surface area (Å²) >= 11 is 0. The molecule has 0 saturated heterocycles. The van der Waals surface area contributed by atoms with Crippen LogP contribution in [-0.4, -0.2) is 16.2 Å². The van der Waals surface area contributed by atoms with E-state index in [2.05, 4.69) is 11.1 Å². The van der Waals surface area contributed by atoms with Crippen molar-refractivity contribution in [2.45, 2.75) is 19.4 Å². The Hall–Kier alpha value is -1.28. The normalized spacial score (nSPS) is 13.4. The van der Waals surface area contributed by atoms with Crippen LogP contribution in [0.15, 0.2) is 30.5 Å². The molecular weight excluding hydrogens is 162 g/mol. The molecule has 0 bridgehead atoms. The molecule has 68 valence electrons. The predicted molar refractivity (Wildman–Crippen MR) is 53.7 cm³/mol. The van der Waals surface area contributed by atoms with Crippen molar-refractivity contribution >= 4 is 10.9 Å². The van der Waals surface area contributed by atoms with Crippen LogP contribution < -0.4 is 0 Å². The number of hydrogen-bond acceptors (Lipinski definition) is 1. The average molecular weight is 175 g/mol. The number of nitrogens with one attached hydrogen (secondary N) is 1. The SMILES string of the molecule is CC(O)Cc1ccc2[nH]ccc2c1. The van der Waals surface area contributed by atoms with E-state index in [9.17, 15) is 5.11 Å². The lowest BCUT2D eigenvalue weighted by Gasteiger charge is -2.03. The number of aliphatic hydroxyl groups excluding tert-OH is 1. The second kappa shape index (κ2) is 3.23. The standard InChI is InChI=1S/C11H13NO/c1-8(13)6-9-2-3-11-10(7-9)4-5-12-11/h2-5,7-8,12-13H,6H2,1H3. The van der Waals surface area contributed by atoms with Crippen molar-refractivity contribution in [3.8, 4) is 0 Å². The van der Waals surface area contributed by atoms with E-state index in [-0.39, 0.29) is 6.10 Å². The Kier molecular flexibility index (Phi) is 2.07. The Bertz CT molecular complexity index is 403.